The van der Waals surface area contributed by atoms with Crippen LogP contribution in [0.3, 0.4) is 0 Å². The summed E-state index contributed by atoms with van der Waals surface area (Å²) in [5.74, 6) is 0.359. The van der Waals surface area contributed by atoms with Crippen LogP contribution in [0.1, 0.15) is 30.0 Å². The van der Waals surface area contributed by atoms with Crippen molar-refractivity contribution in [3.05, 3.63) is 21.6 Å². The van der Waals surface area contributed by atoms with E-state index in [4.69, 9.17) is 5.73 Å². The first-order valence-electron chi connectivity index (χ1n) is 4.72. The molecular weight excluding hydrogens is 166 g/mol. The van der Waals surface area contributed by atoms with Gasteiger partial charge in [0, 0.05) is 30.8 Å². The molecule has 1 heterocycles. The molecule has 0 saturated heterocycles. The zero-order valence-electron chi connectivity index (χ0n) is 7.84. The van der Waals surface area contributed by atoms with E-state index in [9.17, 15) is 4.79 Å². The second-order valence-electron chi connectivity index (χ2n) is 3.69. The highest BCUT2D eigenvalue weighted by Gasteiger charge is 2.23. The molecule has 4 heteroatoms. The number of rotatable bonds is 1. The third-order valence-electron chi connectivity index (χ3n) is 2.85. The van der Waals surface area contributed by atoms with Gasteiger partial charge in [0.05, 0.1) is 0 Å². The molecular formula is C9H15N3O. The third kappa shape index (κ3) is 1.21. The number of aromatic nitrogens is 2. The normalized spacial score (nSPS) is 21.5. The summed E-state index contributed by atoms with van der Waals surface area (Å²) in [6, 6.07) is 0. The van der Waals surface area contributed by atoms with Crippen molar-refractivity contribution in [1.82, 2.24) is 9.78 Å². The third-order valence-corrected chi connectivity index (χ3v) is 2.85. The van der Waals surface area contributed by atoms with Crippen LogP contribution in [-0.4, -0.2) is 16.3 Å². The van der Waals surface area contributed by atoms with E-state index in [0.29, 0.717) is 12.5 Å². The van der Waals surface area contributed by atoms with Gasteiger partial charge in [0.25, 0.3) is 5.56 Å². The maximum Gasteiger partial charge on any atom is 0.269 e. The van der Waals surface area contributed by atoms with E-state index in [2.05, 4.69) is 5.10 Å². The summed E-state index contributed by atoms with van der Waals surface area (Å²) in [7, 11) is 1.76. The van der Waals surface area contributed by atoms with Crippen molar-refractivity contribution in [3.8, 4) is 0 Å². The van der Waals surface area contributed by atoms with Crippen LogP contribution in [0, 0.1) is 0 Å². The van der Waals surface area contributed by atoms with E-state index < -0.39 is 0 Å². The van der Waals surface area contributed by atoms with Crippen molar-refractivity contribution in [2.45, 2.75) is 25.2 Å². The minimum Gasteiger partial charge on any atom is -0.330 e. The number of nitrogens with two attached hydrogens (primary N) is 1. The summed E-state index contributed by atoms with van der Waals surface area (Å²) in [5.41, 5.74) is 7.78. The number of nitrogens with one attached hydrogen (secondary N) is 1. The SMILES string of the molecule is Cn1[nH]c2c(c1=O)CCCC2CN. The molecule has 0 amide bonds. The second kappa shape index (κ2) is 3.03. The predicted octanol–water partition coefficient (Wildman–Crippen LogP) is 0.0920. The molecule has 13 heavy (non-hydrogen) atoms. The average molecular weight is 181 g/mol. The lowest BCUT2D eigenvalue weighted by molar-refractivity contribution is 0.544. The van der Waals surface area contributed by atoms with E-state index in [0.717, 1.165) is 30.5 Å². The van der Waals surface area contributed by atoms with Crippen LogP contribution in [-0.2, 0) is 13.5 Å². The summed E-state index contributed by atoms with van der Waals surface area (Å²) in [4.78, 5) is 11.6. The standard InChI is InChI=1S/C9H15N3O/c1-12-9(13)7-4-2-3-6(5-10)8(7)11-12/h6,11H,2-5,10H2,1H3. The number of H-pyrrole nitrogens is 1. The van der Waals surface area contributed by atoms with Gasteiger partial charge < -0.3 is 5.73 Å². The van der Waals surface area contributed by atoms with Crippen molar-refractivity contribution in [3.63, 3.8) is 0 Å². The van der Waals surface area contributed by atoms with Crippen LogP contribution in [0.4, 0.5) is 0 Å². The maximum atomic E-state index is 11.6. The van der Waals surface area contributed by atoms with Gasteiger partial charge in [0.15, 0.2) is 0 Å². The van der Waals surface area contributed by atoms with E-state index in [1.807, 2.05) is 0 Å². The predicted molar refractivity (Wildman–Crippen MR) is 50.8 cm³/mol. The minimum atomic E-state index is 0.119. The first-order chi connectivity index (χ1) is 6.24. The monoisotopic (exact) mass is 181 g/mol. The first kappa shape index (κ1) is 8.56. The molecule has 0 radical (unpaired) electrons. The molecule has 1 atom stereocenters. The summed E-state index contributed by atoms with van der Waals surface area (Å²) in [6.07, 6.45) is 3.09. The Morgan fingerprint density at radius 1 is 1.69 bits per heavy atom. The van der Waals surface area contributed by atoms with Gasteiger partial charge in [-0.1, -0.05) is 0 Å². The molecule has 72 valence electrons. The van der Waals surface area contributed by atoms with E-state index in [1.54, 1.807) is 11.7 Å². The van der Waals surface area contributed by atoms with E-state index in [-0.39, 0.29) is 5.56 Å². The minimum absolute atomic E-state index is 0.119. The van der Waals surface area contributed by atoms with Crippen LogP contribution in [0.2, 0.25) is 0 Å². The summed E-state index contributed by atoms with van der Waals surface area (Å²) in [5, 5.41) is 3.09. The van der Waals surface area contributed by atoms with Gasteiger partial charge in [-0.05, 0) is 19.3 Å². The first-order valence-corrected chi connectivity index (χ1v) is 4.72. The Morgan fingerprint density at radius 2 is 2.46 bits per heavy atom. The highest BCUT2D eigenvalue weighted by molar-refractivity contribution is 5.24. The molecule has 4 nitrogen and oxygen atoms in total. The lowest BCUT2D eigenvalue weighted by Gasteiger charge is -2.19. The summed E-state index contributed by atoms with van der Waals surface area (Å²) >= 11 is 0. The number of hydrogen-bond donors (Lipinski definition) is 2. The Bertz CT molecular complexity index is 363. The van der Waals surface area contributed by atoms with Gasteiger partial charge >= 0.3 is 0 Å². The number of aromatic amines is 1. The highest BCUT2D eigenvalue weighted by atomic mass is 16.1. The molecule has 1 aliphatic rings. The van der Waals surface area contributed by atoms with Gasteiger partial charge in [-0.15, -0.1) is 0 Å². The smallest absolute Gasteiger partial charge is 0.269 e. The maximum absolute atomic E-state index is 11.6. The van der Waals surface area contributed by atoms with Gasteiger partial charge in [-0.2, -0.15) is 0 Å². The molecule has 0 bridgehead atoms. The molecule has 1 aromatic heterocycles. The second-order valence-corrected chi connectivity index (χ2v) is 3.69. The average Bonchev–Trinajstić information content (AvgIpc) is 2.43. The Labute approximate surface area is 76.7 Å². The molecule has 0 fully saturated rings. The fourth-order valence-electron chi connectivity index (χ4n) is 2.10. The van der Waals surface area contributed by atoms with Crippen LogP contribution in [0.15, 0.2) is 4.79 Å². The van der Waals surface area contributed by atoms with Crippen LogP contribution >= 0.6 is 0 Å². The van der Waals surface area contributed by atoms with Gasteiger partial charge in [0.1, 0.15) is 0 Å². The molecule has 2 rings (SSSR count). The van der Waals surface area contributed by atoms with Crippen molar-refractivity contribution < 1.29 is 0 Å². The van der Waals surface area contributed by atoms with Crippen molar-refractivity contribution >= 4 is 0 Å². The molecule has 1 unspecified atom stereocenters. The van der Waals surface area contributed by atoms with Gasteiger partial charge in [-0.25, -0.2) is 0 Å². The van der Waals surface area contributed by atoms with Gasteiger partial charge in [0.2, 0.25) is 0 Å². The molecule has 0 spiro atoms. The Morgan fingerprint density at radius 3 is 3.15 bits per heavy atom. The molecule has 0 aromatic carbocycles. The fraction of sp³-hybridized carbons (Fsp3) is 0.667. The number of aryl methyl sites for hydroxylation is 1. The lowest BCUT2D eigenvalue weighted by atomic mass is 9.88. The van der Waals surface area contributed by atoms with Crippen LogP contribution in [0.5, 0.6) is 0 Å². The van der Waals surface area contributed by atoms with Gasteiger partial charge in [-0.3, -0.25) is 14.6 Å². The molecule has 3 N–H and O–H groups in total. The Balaban J connectivity index is 2.52. The molecule has 1 aromatic rings. The molecule has 0 aliphatic heterocycles. The van der Waals surface area contributed by atoms with E-state index in [1.165, 1.54) is 0 Å². The largest absolute Gasteiger partial charge is 0.330 e. The number of fused-ring (bicyclic) bond motifs is 1. The number of nitrogens with zero attached hydrogens (tertiary/aromatic N) is 1. The Kier molecular flexibility index (Phi) is 2.00. The lowest BCUT2D eigenvalue weighted by Crippen LogP contribution is -2.20. The molecule has 0 saturated carbocycles. The van der Waals surface area contributed by atoms with Crippen molar-refractivity contribution in [1.29, 1.82) is 0 Å². The van der Waals surface area contributed by atoms with Crippen molar-refractivity contribution in [2.75, 3.05) is 6.54 Å². The van der Waals surface area contributed by atoms with Crippen molar-refractivity contribution in [2.24, 2.45) is 12.8 Å². The zero-order valence-corrected chi connectivity index (χ0v) is 7.84. The summed E-state index contributed by atoms with van der Waals surface area (Å²) < 4.78 is 1.55. The molecule has 1 aliphatic carbocycles. The zero-order chi connectivity index (χ0) is 9.42. The van der Waals surface area contributed by atoms with E-state index >= 15 is 0 Å². The fourth-order valence-corrected chi connectivity index (χ4v) is 2.10. The van der Waals surface area contributed by atoms with Crippen LogP contribution < -0.4 is 11.3 Å². The Hall–Kier alpha value is -1.03. The number of hydrogen-bond acceptors (Lipinski definition) is 2. The topological polar surface area (TPSA) is 63.8 Å². The summed E-state index contributed by atoms with van der Waals surface area (Å²) in [6.45, 7) is 0.632. The quantitative estimate of drug-likeness (QED) is 0.645. The highest BCUT2D eigenvalue weighted by Crippen LogP contribution is 2.26. The van der Waals surface area contributed by atoms with Crippen LogP contribution in [0.25, 0.3) is 0 Å².